The van der Waals surface area contributed by atoms with Crippen molar-refractivity contribution in [1.82, 2.24) is 0 Å². The molecule has 0 saturated heterocycles. The van der Waals surface area contributed by atoms with E-state index in [9.17, 15) is 14.4 Å². The zero-order chi connectivity index (χ0) is 48.6. The second-order valence-electron chi connectivity index (χ2n) is 18.9. The summed E-state index contributed by atoms with van der Waals surface area (Å²) in [4.78, 5) is 38.1. The van der Waals surface area contributed by atoms with Crippen molar-refractivity contribution in [2.75, 3.05) is 13.2 Å². The van der Waals surface area contributed by atoms with E-state index < -0.39 is 6.10 Å². The summed E-state index contributed by atoms with van der Waals surface area (Å²) in [6.45, 7) is 6.46. The highest BCUT2D eigenvalue weighted by Gasteiger charge is 2.19. The molecule has 0 fully saturated rings. The van der Waals surface area contributed by atoms with E-state index in [0.717, 1.165) is 103 Å². The molecule has 0 spiro atoms. The average Bonchev–Trinajstić information content (AvgIpc) is 3.33. The van der Waals surface area contributed by atoms with Crippen LogP contribution < -0.4 is 0 Å². The predicted molar refractivity (Wildman–Crippen MR) is 288 cm³/mol. The second-order valence-corrected chi connectivity index (χ2v) is 18.9. The second kappa shape index (κ2) is 55.4. The predicted octanol–water partition coefficient (Wildman–Crippen LogP) is 19.0. The molecule has 0 amide bonds. The Balaban J connectivity index is 4.35. The van der Waals surface area contributed by atoms with Gasteiger partial charge in [0.2, 0.25) is 0 Å². The lowest BCUT2D eigenvalue weighted by atomic mass is 10.0. The summed E-state index contributed by atoms with van der Waals surface area (Å²) < 4.78 is 16.8. The van der Waals surface area contributed by atoms with Gasteiger partial charge in [-0.25, -0.2) is 0 Å². The summed E-state index contributed by atoms with van der Waals surface area (Å²) in [5, 5.41) is 0. The van der Waals surface area contributed by atoms with Crippen LogP contribution in [0.15, 0.2) is 72.9 Å². The molecule has 0 heterocycles. The number of ether oxygens (including phenoxy) is 3. The molecule has 0 rings (SSSR count). The third-order valence-corrected chi connectivity index (χ3v) is 12.2. The molecule has 0 aliphatic carbocycles. The first-order valence-electron chi connectivity index (χ1n) is 28.5. The van der Waals surface area contributed by atoms with E-state index >= 15 is 0 Å². The Bertz CT molecular complexity index is 1260. The number of hydrogen-bond acceptors (Lipinski definition) is 6. The first-order chi connectivity index (χ1) is 33.0. The van der Waals surface area contributed by atoms with Crippen LogP contribution in [0.25, 0.3) is 0 Å². The Morgan fingerprint density at radius 3 is 1.06 bits per heavy atom. The van der Waals surface area contributed by atoms with Crippen LogP contribution in [0.4, 0.5) is 0 Å². The monoisotopic (exact) mass is 935 g/mol. The number of carbonyl (C=O) groups is 3. The maximum atomic E-state index is 12.8. The van der Waals surface area contributed by atoms with Crippen LogP contribution in [0.2, 0.25) is 0 Å². The number of esters is 3. The van der Waals surface area contributed by atoms with E-state index in [4.69, 9.17) is 14.2 Å². The molecule has 0 aromatic carbocycles. The number of carbonyl (C=O) groups excluding carboxylic acids is 3. The molecule has 0 aliphatic heterocycles. The standard InChI is InChI=1S/C61H106O6/c1-4-7-10-13-16-19-22-24-26-28-30-32-34-36-39-42-45-48-51-54-60(63)66-57-58(56-65-59(62)53-50-47-44-41-38-21-18-15-12-9-6-3)67-61(64)55-52-49-46-43-40-37-35-33-31-29-27-25-23-20-17-14-11-8-5-2/h7,10,15-16,18-19,21,24,26,30,32,38,58H,4-6,8-9,11-14,17,20,22-23,25,27-29,31,33-37,39-57H2,1-3H3/b10-7-,18-15-,19-16-,26-24-,32-30-,38-21-. The quantitative estimate of drug-likeness (QED) is 0.0199. The minimum Gasteiger partial charge on any atom is -0.462 e. The van der Waals surface area contributed by atoms with E-state index in [-0.39, 0.29) is 31.1 Å². The SMILES string of the molecule is CC/C=C\C/C=C\C/C=C\C/C=C\CCCCCCCCC(=O)OCC(COC(=O)CCCCC/C=C\C=C/CCCC)OC(=O)CCCCCCCCCCCCCCCCCCCCC. The summed E-state index contributed by atoms with van der Waals surface area (Å²) in [6.07, 6.45) is 70.4. The zero-order valence-corrected chi connectivity index (χ0v) is 44.2. The van der Waals surface area contributed by atoms with Gasteiger partial charge in [-0.1, -0.05) is 254 Å². The van der Waals surface area contributed by atoms with Gasteiger partial charge in [-0.3, -0.25) is 14.4 Å². The lowest BCUT2D eigenvalue weighted by Crippen LogP contribution is -2.30. The molecule has 0 radical (unpaired) electrons. The van der Waals surface area contributed by atoms with Gasteiger partial charge in [0, 0.05) is 19.3 Å². The molecule has 0 bridgehead atoms. The van der Waals surface area contributed by atoms with Crippen LogP contribution in [-0.4, -0.2) is 37.2 Å². The van der Waals surface area contributed by atoms with Gasteiger partial charge in [0.25, 0.3) is 0 Å². The Morgan fingerprint density at radius 2 is 0.642 bits per heavy atom. The van der Waals surface area contributed by atoms with Gasteiger partial charge in [0.05, 0.1) is 0 Å². The summed E-state index contributed by atoms with van der Waals surface area (Å²) in [5.41, 5.74) is 0. The van der Waals surface area contributed by atoms with E-state index in [1.807, 2.05) is 0 Å². The van der Waals surface area contributed by atoms with Crippen LogP contribution in [0.3, 0.4) is 0 Å². The largest absolute Gasteiger partial charge is 0.462 e. The lowest BCUT2D eigenvalue weighted by molar-refractivity contribution is -0.167. The molecule has 1 atom stereocenters. The van der Waals surface area contributed by atoms with Crippen molar-refractivity contribution >= 4 is 17.9 Å². The van der Waals surface area contributed by atoms with Crippen LogP contribution in [-0.2, 0) is 28.6 Å². The highest BCUT2D eigenvalue weighted by Crippen LogP contribution is 2.16. The van der Waals surface area contributed by atoms with Gasteiger partial charge in [-0.2, -0.15) is 0 Å². The van der Waals surface area contributed by atoms with Gasteiger partial charge in [-0.05, 0) is 77.0 Å². The average molecular weight is 936 g/mol. The van der Waals surface area contributed by atoms with Crippen LogP contribution in [0.5, 0.6) is 0 Å². The highest BCUT2D eigenvalue weighted by molar-refractivity contribution is 5.71. The topological polar surface area (TPSA) is 78.9 Å². The van der Waals surface area contributed by atoms with E-state index in [1.54, 1.807) is 0 Å². The minimum absolute atomic E-state index is 0.0897. The van der Waals surface area contributed by atoms with Gasteiger partial charge < -0.3 is 14.2 Å². The summed E-state index contributed by atoms with van der Waals surface area (Å²) in [5.74, 6) is -0.922. The molecule has 6 nitrogen and oxygen atoms in total. The molecule has 6 heteroatoms. The summed E-state index contributed by atoms with van der Waals surface area (Å²) in [7, 11) is 0. The first kappa shape index (κ1) is 63.8. The van der Waals surface area contributed by atoms with Gasteiger partial charge >= 0.3 is 17.9 Å². The van der Waals surface area contributed by atoms with E-state index in [1.165, 1.54) is 135 Å². The van der Waals surface area contributed by atoms with Crippen molar-refractivity contribution in [1.29, 1.82) is 0 Å². The molecule has 0 saturated carbocycles. The summed E-state index contributed by atoms with van der Waals surface area (Å²) >= 11 is 0. The maximum Gasteiger partial charge on any atom is 0.306 e. The van der Waals surface area contributed by atoms with Crippen molar-refractivity contribution in [3.63, 3.8) is 0 Å². The minimum atomic E-state index is -0.790. The Labute approximate surface area is 414 Å². The molecule has 1 unspecified atom stereocenters. The zero-order valence-electron chi connectivity index (χ0n) is 44.2. The maximum absolute atomic E-state index is 12.8. The molecule has 0 N–H and O–H groups in total. The normalized spacial score (nSPS) is 12.6. The lowest BCUT2D eigenvalue weighted by Gasteiger charge is -2.18. The van der Waals surface area contributed by atoms with Gasteiger partial charge in [0.15, 0.2) is 6.10 Å². The van der Waals surface area contributed by atoms with E-state index in [2.05, 4.69) is 93.7 Å². The van der Waals surface area contributed by atoms with Gasteiger partial charge in [-0.15, -0.1) is 0 Å². The number of unbranched alkanes of at least 4 members (excludes halogenated alkanes) is 29. The van der Waals surface area contributed by atoms with Crippen molar-refractivity contribution < 1.29 is 28.6 Å². The number of rotatable bonds is 51. The van der Waals surface area contributed by atoms with Crippen LogP contribution in [0, 0.1) is 0 Å². The van der Waals surface area contributed by atoms with Gasteiger partial charge in [0.1, 0.15) is 13.2 Å². The molecule has 67 heavy (non-hydrogen) atoms. The fourth-order valence-electron chi connectivity index (χ4n) is 7.94. The van der Waals surface area contributed by atoms with Crippen molar-refractivity contribution in [3.8, 4) is 0 Å². The smallest absolute Gasteiger partial charge is 0.306 e. The number of hydrogen-bond donors (Lipinski definition) is 0. The van der Waals surface area contributed by atoms with Crippen LogP contribution >= 0.6 is 0 Å². The Morgan fingerprint density at radius 1 is 0.328 bits per heavy atom. The molecule has 386 valence electrons. The molecule has 0 aromatic rings. The fraction of sp³-hybridized carbons (Fsp3) is 0.754. The highest BCUT2D eigenvalue weighted by atomic mass is 16.6. The third kappa shape index (κ3) is 53.7. The molecule has 0 aliphatic rings. The fourth-order valence-corrected chi connectivity index (χ4v) is 7.94. The Kier molecular flexibility index (Phi) is 52.8. The van der Waals surface area contributed by atoms with E-state index in [0.29, 0.717) is 19.3 Å². The molecular formula is C61H106O6. The number of allylic oxidation sites excluding steroid dienone is 12. The third-order valence-electron chi connectivity index (χ3n) is 12.2. The summed E-state index contributed by atoms with van der Waals surface area (Å²) in [6, 6.07) is 0. The van der Waals surface area contributed by atoms with Crippen LogP contribution in [0.1, 0.15) is 278 Å². The van der Waals surface area contributed by atoms with Crippen molar-refractivity contribution in [2.24, 2.45) is 0 Å². The Hall–Kier alpha value is -3.15. The van der Waals surface area contributed by atoms with Crippen molar-refractivity contribution in [3.05, 3.63) is 72.9 Å². The first-order valence-corrected chi connectivity index (χ1v) is 28.5. The molecular weight excluding hydrogens is 829 g/mol. The van der Waals surface area contributed by atoms with Crippen molar-refractivity contribution in [2.45, 2.75) is 284 Å². The molecule has 0 aromatic heterocycles.